The van der Waals surface area contributed by atoms with Gasteiger partial charge in [-0.05, 0) is 38.0 Å². The standard InChI is InChI=1S/C16H19NO2/c1-11-4-5-14-12(8-11)9-15(19-14)13(18)10-16(17)6-2-3-7-16/h4-5,8-9H,2-3,6-7,10,17H2,1H3. The summed E-state index contributed by atoms with van der Waals surface area (Å²) in [7, 11) is 0. The van der Waals surface area contributed by atoms with E-state index >= 15 is 0 Å². The van der Waals surface area contributed by atoms with Gasteiger partial charge in [0, 0.05) is 17.3 Å². The number of carbonyl (C=O) groups excluding carboxylic acids is 1. The van der Waals surface area contributed by atoms with Gasteiger partial charge in [0.15, 0.2) is 11.5 Å². The van der Waals surface area contributed by atoms with E-state index in [1.165, 1.54) is 5.56 Å². The Bertz CT molecular complexity index is 621. The smallest absolute Gasteiger partial charge is 0.199 e. The fraction of sp³-hybridized carbons (Fsp3) is 0.438. The molecule has 0 saturated heterocycles. The normalized spacial score (nSPS) is 18.0. The molecule has 1 heterocycles. The third-order valence-electron chi connectivity index (χ3n) is 4.06. The summed E-state index contributed by atoms with van der Waals surface area (Å²) < 4.78 is 5.64. The highest BCUT2D eigenvalue weighted by Crippen LogP contribution is 2.32. The molecule has 2 aromatic rings. The summed E-state index contributed by atoms with van der Waals surface area (Å²) in [6.45, 7) is 2.03. The van der Waals surface area contributed by atoms with Crippen LogP contribution in [0.4, 0.5) is 0 Å². The van der Waals surface area contributed by atoms with Gasteiger partial charge in [0.05, 0.1) is 0 Å². The molecule has 0 bridgehead atoms. The number of hydrogen-bond donors (Lipinski definition) is 1. The molecule has 0 unspecified atom stereocenters. The highest BCUT2D eigenvalue weighted by molar-refractivity contribution is 5.98. The molecule has 1 aromatic carbocycles. The Kier molecular flexibility index (Phi) is 2.94. The van der Waals surface area contributed by atoms with Crippen molar-refractivity contribution < 1.29 is 9.21 Å². The second kappa shape index (κ2) is 4.49. The fourth-order valence-corrected chi connectivity index (χ4v) is 2.96. The van der Waals surface area contributed by atoms with Gasteiger partial charge < -0.3 is 10.2 Å². The van der Waals surface area contributed by atoms with Crippen LogP contribution < -0.4 is 5.73 Å². The number of fused-ring (bicyclic) bond motifs is 1. The lowest BCUT2D eigenvalue weighted by Gasteiger charge is -2.21. The molecule has 1 saturated carbocycles. The molecule has 1 fully saturated rings. The van der Waals surface area contributed by atoms with Crippen LogP contribution in [0.1, 0.15) is 48.2 Å². The van der Waals surface area contributed by atoms with Crippen molar-refractivity contribution in [1.82, 2.24) is 0 Å². The summed E-state index contributed by atoms with van der Waals surface area (Å²) >= 11 is 0. The number of ketones is 1. The quantitative estimate of drug-likeness (QED) is 0.855. The van der Waals surface area contributed by atoms with E-state index < -0.39 is 0 Å². The Morgan fingerprint density at radius 1 is 1.32 bits per heavy atom. The average molecular weight is 257 g/mol. The van der Waals surface area contributed by atoms with Crippen molar-refractivity contribution in [3.8, 4) is 0 Å². The number of furan rings is 1. The first-order valence-electron chi connectivity index (χ1n) is 6.88. The zero-order valence-corrected chi connectivity index (χ0v) is 11.2. The van der Waals surface area contributed by atoms with Crippen LogP contribution in [-0.2, 0) is 0 Å². The number of aryl methyl sites for hydroxylation is 1. The monoisotopic (exact) mass is 257 g/mol. The second-order valence-corrected chi connectivity index (χ2v) is 5.82. The Morgan fingerprint density at radius 2 is 2.05 bits per heavy atom. The number of nitrogens with two attached hydrogens (primary N) is 1. The number of rotatable bonds is 3. The van der Waals surface area contributed by atoms with Gasteiger partial charge in [-0.15, -0.1) is 0 Å². The predicted octanol–water partition coefficient (Wildman–Crippen LogP) is 3.59. The van der Waals surface area contributed by atoms with Crippen LogP contribution >= 0.6 is 0 Å². The number of carbonyl (C=O) groups is 1. The van der Waals surface area contributed by atoms with Gasteiger partial charge in [0.25, 0.3) is 0 Å². The molecule has 3 rings (SSSR count). The first-order valence-corrected chi connectivity index (χ1v) is 6.88. The van der Waals surface area contributed by atoms with Crippen LogP contribution in [0.25, 0.3) is 11.0 Å². The first-order chi connectivity index (χ1) is 9.06. The molecule has 0 radical (unpaired) electrons. The maximum absolute atomic E-state index is 12.3. The molecule has 3 heteroatoms. The fourth-order valence-electron chi connectivity index (χ4n) is 2.96. The van der Waals surface area contributed by atoms with Crippen LogP contribution in [0.2, 0.25) is 0 Å². The van der Waals surface area contributed by atoms with Crippen LogP contribution in [0.15, 0.2) is 28.7 Å². The van der Waals surface area contributed by atoms with Crippen molar-refractivity contribution in [1.29, 1.82) is 0 Å². The van der Waals surface area contributed by atoms with Crippen LogP contribution in [-0.4, -0.2) is 11.3 Å². The van der Waals surface area contributed by atoms with E-state index in [1.807, 2.05) is 31.2 Å². The SMILES string of the molecule is Cc1ccc2oc(C(=O)CC3(N)CCCC3)cc2c1. The number of hydrogen-bond acceptors (Lipinski definition) is 3. The highest BCUT2D eigenvalue weighted by Gasteiger charge is 2.32. The lowest BCUT2D eigenvalue weighted by molar-refractivity contribution is 0.0927. The molecule has 0 spiro atoms. The third-order valence-corrected chi connectivity index (χ3v) is 4.06. The van der Waals surface area contributed by atoms with Crippen molar-refractivity contribution in [3.05, 3.63) is 35.6 Å². The van der Waals surface area contributed by atoms with E-state index in [2.05, 4.69) is 0 Å². The van der Waals surface area contributed by atoms with E-state index in [0.29, 0.717) is 12.2 Å². The summed E-state index contributed by atoms with van der Waals surface area (Å²) in [5.41, 5.74) is 7.87. The molecule has 19 heavy (non-hydrogen) atoms. The minimum Gasteiger partial charge on any atom is -0.453 e. The lowest BCUT2D eigenvalue weighted by Crippen LogP contribution is -2.38. The van der Waals surface area contributed by atoms with E-state index in [4.69, 9.17) is 10.2 Å². The summed E-state index contributed by atoms with van der Waals surface area (Å²) in [4.78, 5) is 12.3. The maximum atomic E-state index is 12.3. The summed E-state index contributed by atoms with van der Waals surface area (Å²) in [6.07, 6.45) is 4.54. The van der Waals surface area contributed by atoms with Crippen LogP contribution in [0.3, 0.4) is 0 Å². The van der Waals surface area contributed by atoms with Gasteiger partial charge in [-0.1, -0.05) is 24.5 Å². The topological polar surface area (TPSA) is 56.2 Å². The molecular weight excluding hydrogens is 238 g/mol. The first kappa shape index (κ1) is 12.4. The van der Waals surface area contributed by atoms with E-state index in [0.717, 1.165) is 36.7 Å². The Balaban J connectivity index is 1.85. The van der Waals surface area contributed by atoms with Crippen molar-refractivity contribution in [2.45, 2.75) is 44.6 Å². The maximum Gasteiger partial charge on any atom is 0.199 e. The highest BCUT2D eigenvalue weighted by atomic mass is 16.3. The van der Waals surface area contributed by atoms with Crippen LogP contribution in [0, 0.1) is 6.92 Å². The van der Waals surface area contributed by atoms with E-state index in [-0.39, 0.29) is 11.3 Å². The average Bonchev–Trinajstić information content (AvgIpc) is 2.95. The predicted molar refractivity (Wildman–Crippen MR) is 75.3 cm³/mol. The molecule has 1 aromatic heterocycles. The van der Waals surface area contributed by atoms with Gasteiger partial charge in [0.2, 0.25) is 0 Å². The van der Waals surface area contributed by atoms with Gasteiger partial charge >= 0.3 is 0 Å². The summed E-state index contributed by atoms with van der Waals surface area (Å²) in [5.74, 6) is 0.468. The number of Topliss-reactive ketones (excluding diaryl/α,β-unsaturated/α-hetero) is 1. The molecule has 100 valence electrons. The van der Waals surface area contributed by atoms with Gasteiger partial charge in [-0.3, -0.25) is 4.79 Å². The Morgan fingerprint density at radius 3 is 2.79 bits per heavy atom. The van der Waals surface area contributed by atoms with Crippen molar-refractivity contribution in [3.63, 3.8) is 0 Å². The van der Waals surface area contributed by atoms with Crippen molar-refractivity contribution in [2.75, 3.05) is 0 Å². The summed E-state index contributed by atoms with van der Waals surface area (Å²) in [6, 6.07) is 7.77. The molecule has 2 N–H and O–H groups in total. The zero-order chi connectivity index (χ0) is 13.5. The lowest BCUT2D eigenvalue weighted by atomic mass is 9.91. The molecule has 0 aliphatic heterocycles. The molecule has 0 amide bonds. The molecule has 1 aliphatic carbocycles. The minimum absolute atomic E-state index is 0.0262. The van der Waals surface area contributed by atoms with Crippen molar-refractivity contribution in [2.24, 2.45) is 5.73 Å². The van der Waals surface area contributed by atoms with Gasteiger partial charge in [-0.2, -0.15) is 0 Å². The molecule has 3 nitrogen and oxygen atoms in total. The van der Waals surface area contributed by atoms with Gasteiger partial charge in [0.1, 0.15) is 5.58 Å². The molecular formula is C16H19NO2. The Hall–Kier alpha value is -1.61. The van der Waals surface area contributed by atoms with E-state index in [1.54, 1.807) is 0 Å². The Labute approximate surface area is 112 Å². The second-order valence-electron chi connectivity index (χ2n) is 5.82. The van der Waals surface area contributed by atoms with Crippen molar-refractivity contribution >= 4 is 16.8 Å². The molecule has 0 atom stereocenters. The number of benzene rings is 1. The van der Waals surface area contributed by atoms with E-state index in [9.17, 15) is 4.79 Å². The minimum atomic E-state index is -0.314. The van der Waals surface area contributed by atoms with Crippen LogP contribution in [0.5, 0.6) is 0 Å². The zero-order valence-electron chi connectivity index (χ0n) is 11.2. The third kappa shape index (κ3) is 2.43. The largest absolute Gasteiger partial charge is 0.453 e. The summed E-state index contributed by atoms with van der Waals surface area (Å²) in [5, 5.41) is 0.987. The molecule has 1 aliphatic rings. The van der Waals surface area contributed by atoms with Gasteiger partial charge in [-0.25, -0.2) is 0 Å².